The van der Waals surface area contributed by atoms with E-state index in [0.29, 0.717) is 37.6 Å². The van der Waals surface area contributed by atoms with Gasteiger partial charge in [-0.15, -0.1) is 0 Å². The minimum absolute atomic E-state index is 0.000746. The number of amides is 1. The van der Waals surface area contributed by atoms with E-state index in [2.05, 4.69) is 10.2 Å². The number of methoxy groups -OCH3 is 1. The standard InChI is InChI=1S/C32H44N2O7/c1-39-22-27-10-7-17-34(27)20-28-19-29(24-15-13-23(21-35)14-16-24)41-32(40-28)25-8-6-9-26(18-25)33-30(36)11-4-2-3-5-12-31(37)38/h6,8-9,13-16,18,27-29,32,35H,2-5,7,10-12,17,19-22H2,1H3,(H,33,36)(H,37,38)/t27-,28-,29+,32+/m0/s1. The van der Waals surface area contributed by atoms with E-state index in [1.165, 1.54) is 0 Å². The second kappa shape index (κ2) is 16.0. The molecule has 2 aliphatic rings. The highest BCUT2D eigenvalue weighted by molar-refractivity contribution is 5.90. The van der Waals surface area contributed by atoms with Crippen molar-refractivity contribution in [3.05, 3.63) is 65.2 Å². The molecule has 0 saturated carbocycles. The van der Waals surface area contributed by atoms with Gasteiger partial charge in [-0.1, -0.05) is 49.2 Å². The molecule has 224 valence electrons. The van der Waals surface area contributed by atoms with Gasteiger partial charge in [0.2, 0.25) is 5.91 Å². The fourth-order valence-corrected chi connectivity index (χ4v) is 5.71. The van der Waals surface area contributed by atoms with Crippen LogP contribution in [0.3, 0.4) is 0 Å². The number of unbranched alkanes of at least 4 members (excludes halogenated alkanes) is 3. The summed E-state index contributed by atoms with van der Waals surface area (Å²) in [6.45, 7) is 2.53. The topological polar surface area (TPSA) is 118 Å². The molecular weight excluding hydrogens is 524 g/mol. The number of nitrogens with zero attached hydrogens (tertiary/aromatic N) is 1. The zero-order valence-electron chi connectivity index (χ0n) is 24.0. The first-order valence-electron chi connectivity index (χ1n) is 14.8. The van der Waals surface area contributed by atoms with Crippen LogP contribution in [0, 0.1) is 0 Å². The number of carboxylic acids is 1. The minimum atomic E-state index is -0.780. The van der Waals surface area contributed by atoms with Crippen LogP contribution in [0.1, 0.15) is 86.9 Å². The number of anilines is 1. The van der Waals surface area contributed by atoms with E-state index in [1.54, 1.807) is 7.11 Å². The van der Waals surface area contributed by atoms with Crippen LogP contribution in [0.2, 0.25) is 0 Å². The quantitative estimate of drug-likeness (QED) is 0.251. The number of rotatable bonds is 15. The molecule has 4 atom stereocenters. The van der Waals surface area contributed by atoms with E-state index in [-0.39, 0.29) is 31.1 Å². The number of likely N-dealkylation sites (tertiary alicyclic amines) is 1. The van der Waals surface area contributed by atoms with Crippen LogP contribution in [0.15, 0.2) is 48.5 Å². The fraction of sp³-hybridized carbons (Fsp3) is 0.562. The summed E-state index contributed by atoms with van der Waals surface area (Å²) in [5.74, 6) is -0.846. The Morgan fingerprint density at radius 1 is 1.02 bits per heavy atom. The summed E-state index contributed by atoms with van der Waals surface area (Å²) in [7, 11) is 1.75. The smallest absolute Gasteiger partial charge is 0.303 e. The molecule has 4 rings (SSSR count). The highest BCUT2D eigenvalue weighted by Gasteiger charge is 2.35. The lowest BCUT2D eigenvalue weighted by molar-refractivity contribution is -0.253. The minimum Gasteiger partial charge on any atom is -0.481 e. The molecule has 2 saturated heterocycles. The molecule has 0 aromatic heterocycles. The number of hydrogen-bond donors (Lipinski definition) is 3. The average Bonchev–Trinajstić information content (AvgIpc) is 3.41. The van der Waals surface area contributed by atoms with Crippen LogP contribution >= 0.6 is 0 Å². The fourth-order valence-electron chi connectivity index (χ4n) is 5.71. The number of hydrogen-bond acceptors (Lipinski definition) is 7. The number of carboxylic acid groups (broad SMARTS) is 1. The highest BCUT2D eigenvalue weighted by atomic mass is 16.7. The number of nitrogens with one attached hydrogen (secondary N) is 1. The van der Waals surface area contributed by atoms with E-state index in [0.717, 1.165) is 61.9 Å². The summed E-state index contributed by atoms with van der Waals surface area (Å²) >= 11 is 0. The van der Waals surface area contributed by atoms with Crippen molar-refractivity contribution < 1.29 is 34.0 Å². The van der Waals surface area contributed by atoms with Gasteiger partial charge in [0, 0.05) is 50.2 Å². The van der Waals surface area contributed by atoms with Gasteiger partial charge in [-0.05, 0) is 55.5 Å². The molecule has 2 heterocycles. The molecule has 41 heavy (non-hydrogen) atoms. The van der Waals surface area contributed by atoms with E-state index in [1.807, 2.05) is 48.5 Å². The van der Waals surface area contributed by atoms with Crippen LogP contribution in [0.4, 0.5) is 5.69 Å². The molecule has 3 N–H and O–H groups in total. The first kappa shape index (κ1) is 31.1. The third-order valence-electron chi connectivity index (χ3n) is 7.90. The molecule has 1 amide bonds. The van der Waals surface area contributed by atoms with Gasteiger partial charge in [-0.25, -0.2) is 0 Å². The van der Waals surface area contributed by atoms with Crippen molar-refractivity contribution in [1.29, 1.82) is 0 Å². The lowest BCUT2D eigenvalue weighted by Crippen LogP contribution is -2.42. The molecule has 0 spiro atoms. The Balaban J connectivity index is 1.41. The predicted octanol–water partition coefficient (Wildman–Crippen LogP) is 5.20. The highest BCUT2D eigenvalue weighted by Crippen LogP contribution is 2.39. The lowest BCUT2D eigenvalue weighted by atomic mass is 9.99. The van der Waals surface area contributed by atoms with Crippen molar-refractivity contribution >= 4 is 17.6 Å². The molecule has 2 aromatic carbocycles. The summed E-state index contributed by atoms with van der Waals surface area (Å²) in [4.78, 5) is 25.7. The van der Waals surface area contributed by atoms with Crippen molar-refractivity contribution in [3.63, 3.8) is 0 Å². The van der Waals surface area contributed by atoms with Gasteiger partial charge < -0.3 is 29.7 Å². The average molecular weight is 569 g/mol. The summed E-state index contributed by atoms with van der Waals surface area (Å²) in [6, 6.07) is 15.9. The third kappa shape index (κ3) is 9.61. The maximum atomic E-state index is 12.6. The molecule has 0 unspecified atom stereocenters. The Morgan fingerprint density at radius 3 is 2.54 bits per heavy atom. The molecule has 9 nitrogen and oxygen atoms in total. The molecule has 0 radical (unpaired) electrons. The second-order valence-electron chi connectivity index (χ2n) is 11.1. The number of aliphatic hydroxyl groups excluding tert-OH is 1. The number of benzene rings is 2. The number of aliphatic hydroxyl groups is 1. The van der Waals surface area contributed by atoms with Crippen LogP contribution in [-0.4, -0.2) is 65.9 Å². The van der Waals surface area contributed by atoms with Crippen LogP contribution in [0.5, 0.6) is 0 Å². The summed E-state index contributed by atoms with van der Waals surface area (Å²) in [5.41, 5.74) is 3.43. The zero-order valence-corrected chi connectivity index (χ0v) is 24.0. The Morgan fingerprint density at radius 2 is 1.80 bits per heavy atom. The molecule has 9 heteroatoms. The number of ether oxygens (including phenoxy) is 3. The Hall–Kier alpha value is -2.82. The zero-order chi connectivity index (χ0) is 29.0. The van der Waals surface area contributed by atoms with E-state index in [4.69, 9.17) is 19.3 Å². The van der Waals surface area contributed by atoms with Gasteiger partial charge in [-0.3, -0.25) is 14.5 Å². The Labute approximate surface area is 242 Å². The van der Waals surface area contributed by atoms with Gasteiger partial charge >= 0.3 is 5.97 Å². The van der Waals surface area contributed by atoms with Crippen molar-refractivity contribution in [3.8, 4) is 0 Å². The summed E-state index contributed by atoms with van der Waals surface area (Å²) < 4.78 is 18.5. The maximum Gasteiger partial charge on any atom is 0.303 e. The van der Waals surface area contributed by atoms with E-state index < -0.39 is 12.3 Å². The van der Waals surface area contributed by atoms with Gasteiger partial charge in [0.1, 0.15) is 0 Å². The van der Waals surface area contributed by atoms with Crippen LogP contribution < -0.4 is 5.32 Å². The number of carbonyl (C=O) groups excluding carboxylic acids is 1. The molecule has 2 fully saturated rings. The van der Waals surface area contributed by atoms with Gasteiger partial charge in [0.15, 0.2) is 6.29 Å². The van der Waals surface area contributed by atoms with Crippen LogP contribution in [-0.2, 0) is 30.4 Å². The number of aliphatic carboxylic acids is 1. The first-order valence-corrected chi connectivity index (χ1v) is 14.8. The summed E-state index contributed by atoms with van der Waals surface area (Å²) in [5, 5.41) is 21.2. The normalized spacial score (nSPS) is 23.0. The lowest BCUT2D eigenvalue weighted by Gasteiger charge is -2.39. The Kier molecular flexibility index (Phi) is 12.1. The summed E-state index contributed by atoms with van der Waals surface area (Å²) in [6.07, 6.45) is 5.73. The van der Waals surface area contributed by atoms with E-state index in [9.17, 15) is 14.7 Å². The largest absolute Gasteiger partial charge is 0.481 e. The van der Waals surface area contributed by atoms with Crippen molar-refractivity contribution in [2.45, 2.75) is 88.9 Å². The molecule has 2 aromatic rings. The van der Waals surface area contributed by atoms with Gasteiger partial charge in [-0.2, -0.15) is 0 Å². The predicted molar refractivity (Wildman–Crippen MR) is 155 cm³/mol. The molecule has 0 bridgehead atoms. The van der Waals surface area contributed by atoms with Crippen molar-refractivity contribution in [2.75, 3.05) is 32.1 Å². The van der Waals surface area contributed by atoms with Gasteiger partial charge in [0.25, 0.3) is 0 Å². The van der Waals surface area contributed by atoms with Crippen molar-refractivity contribution in [1.82, 2.24) is 4.90 Å². The third-order valence-corrected chi connectivity index (χ3v) is 7.90. The second-order valence-corrected chi connectivity index (χ2v) is 11.1. The monoisotopic (exact) mass is 568 g/mol. The molecule has 2 aliphatic heterocycles. The van der Waals surface area contributed by atoms with Crippen molar-refractivity contribution in [2.24, 2.45) is 0 Å². The Bertz CT molecular complexity index is 1110. The molecular formula is C32H44N2O7. The maximum absolute atomic E-state index is 12.6. The molecule has 0 aliphatic carbocycles. The van der Waals surface area contributed by atoms with Crippen LogP contribution in [0.25, 0.3) is 0 Å². The van der Waals surface area contributed by atoms with E-state index >= 15 is 0 Å². The number of carbonyl (C=O) groups is 2. The first-order chi connectivity index (χ1) is 19.9. The van der Waals surface area contributed by atoms with Gasteiger partial charge in [0.05, 0.1) is 25.4 Å². The SMILES string of the molecule is COC[C@@H]1CCCN1C[C@@H]1C[C@H](c2ccc(CO)cc2)O[C@H](c2cccc(NC(=O)CCCCCCC(=O)O)c2)O1.